The predicted octanol–water partition coefficient (Wildman–Crippen LogP) is 4.41. The van der Waals surface area contributed by atoms with Gasteiger partial charge in [-0.25, -0.2) is 0 Å². The zero-order valence-electron chi connectivity index (χ0n) is 8.15. The fraction of sp³-hybridized carbons (Fsp3) is 0.400. The summed E-state index contributed by atoms with van der Waals surface area (Å²) < 4.78 is 40.7. The van der Waals surface area contributed by atoms with Crippen LogP contribution in [0.1, 0.15) is 12.0 Å². The summed E-state index contributed by atoms with van der Waals surface area (Å²) in [6, 6.07) is 4.86. The van der Waals surface area contributed by atoms with Crippen molar-refractivity contribution in [2.24, 2.45) is 0 Å². The first-order valence-corrected chi connectivity index (χ1v) is 5.38. The van der Waals surface area contributed by atoms with E-state index in [1.807, 2.05) is 0 Å². The van der Waals surface area contributed by atoms with Crippen molar-refractivity contribution in [2.75, 3.05) is 6.61 Å². The molecule has 0 spiro atoms. The number of hydrogen-bond acceptors (Lipinski definition) is 1. The van der Waals surface area contributed by atoms with Crippen LogP contribution in [0.2, 0.25) is 5.02 Å². The molecule has 1 nitrogen and oxygen atoms in total. The molecule has 0 atom stereocenters. The SMILES string of the molecule is FC(F)(F)CCOc1c(Cl)cccc1CCl. The Kier molecular flexibility index (Phi) is 4.74. The highest BCUT2D eigenvalue weighted by Crippen LogP contribution is 2.30. The highest BCUT2D eigenvalue weighted by Gasteiger charge is 2.27. The number of halogens is 5. The Hall–Kier alpha value is -0.610. The van der Waals surface area contributed by atoms with E-state index in [0.29, 0.717) is 5.56 Å². The molecule has 16 heavy (non-hydrogen) atoms. The molecule has 1 aromatic rings. The fourth-order valence-corrected chi connectivity index (χ4v) is 1.55. The second-order valence-electron chi connectivity index (χ2n) is 3.08. The minimum Gasteiger partial charge on any atom is -0.491 e. The van der Waals surface area contributed by atoms with E-state index < -0.39 is 19.2 Å². The third kappa shape index (κ3) is 4.10. The van der Waals surface area contributed by atoms with E-state index in [1.165, 1.54) is 0 Å². The third-order valence-electron chi connectivity index (χ3n) is 1.82. The van der Waals surface area contributed by atoms with Gasteiger partial charge in [0.25, 0.3) is 0 Å². The molecule has 1 rings (SSSR count). The molecule has 0 bridgehead atoms. The van der Waals surface area contributed by atoms with Gasteiger partial charge in [-0.05, 0) is 6.07 Å². The Morgan fingerprint density at radius 2 is 1.94 bits per heavy atom. The topological polar surface area (TPSA) is 9.23 Å². The Bertz CT molecular complexity index is 352. The molecule has 0 amide bonds. The van der Waals surface area contributed by atoms with Crippen molar-refractivity contribution in [3.8, 4) is 5.75 Å². The summed E-state index contributed by atoms with van der Waals surface area (Å²) in [7, 11) is 0. The molecular formula is C10H9Cl2F3O. The molecule has 0 aliphatic rings. The van der Waals surface area contributed by atoms with Crippen molar-refractivity contribution in [2.45, 2.75) is 18.5 Å². The zero-order valence-corrected chi connectivity index (χ0v) is 9.66. The van der Waals surface area contributed by atoms with Gasteiger partial charge in [-0.1, -0.05) is 23.7 Å². The van der Waals surface area contributed by atoms with Gasteiger partial charge in [0, 0.05) is 5.56 Å². The monoisotopic (exact) mass is 272 g/mol. The van der Waals surface area contributed by atoms with E-state index in [2.05, 4.69) is 0 Å². The number of alkyl halides is 4. The normalized spacial score (nSPS) is 11.6. The molecule has 1 aromatic carbocycles. The maximum absolute atomic E-state index is 11.9. The average Bonchev–Trinajstić information content (AvgIpc) is 2.18. The lowest BCUT2D eigenvalue weighted by Crippen LogP contribution is -2.13. The van der Waals surface area contributed by atoms with Crippen molar-refractivity contribution >= 4 is 23.2 Å². The summed E-state index contributed by atoms with van der Waals surface area (Å²) in [5.41, 5.74) is 0.580. The maximum atomic E-state index is 11.9. The molecule has 0 aliphatic heterocycles. The number of rotatable bonds is 4. The minimum absolute atomic E-state index is 0.141. The summed E-state index contributed by atoms with van der Waals surface area (Å²) in [6.45, 7) is -0.461. The molecule has 90 valence electrons. The van der Waals surface area contributed by atoms with Crippen molar-refractivity contribution < 1.29 is 17.9 Å². The minimum atomic E-state index is -4.23. The van der Waals surface area contributed by atoms with Gasteiger partial charge in [0.05, 0.1) is 23.9 Å². The van der Waals surface area contributed by atoms with Crippen molar-refractivity contribution in [3.05, 3.63) is 28.8 Å². The van der Waals surface area contributed by atoms with Gasteiger partial charge >= 0.3 is 6.18 Å². The predicted molar refractivity (Wildman–Crippen MR) is 57.2 cm³/mol. The van der Waals surface area contributed by atoms with Crippen LogP contribution in [0.4, 0.5) is 13.2 Å². The van der Waals surface area contributed by atoms with Gasteiger partial charge in [-0.2, -0.15) is 13.2 Å². The molecule has 0 aromatic heterocycles. The summed E-state index contributed by atoms with van der Waals surface area (Å²) >= 11 is 11.4. The van der Waals surface area contributed by atoms with Gasteiger partial charge in [-0.15, -0.1) is 11.6 Å². The summed E-state index contributed by atoms with van der Waals surface area (Å²) in [5.74, 6) is 0.366. The van der Waals surface area contributed by atoms with Crippen molar-refractivity contribution in [1.82, 2.24) is 0 Å². The lowest BCUT2D eigenvalue weighted by atomic mass is 10.2. The van der Waals surface area contributed by atoms with Crippen LogP contribution in [0.25, 0.3) is 0 Å². The van der Waals surface area contributed by atoms with Crippen LogP contribution < -0.4 is 4.74 Å². The van der Waals surface area contributed by atoms with E-state index in [4.69, 9.17) is 27.9 Å². The first-order chi connectivity index (χ1) is 7.44. The number of para-hydroxylation sites is 1. The Morgan fingerprint density at radius 3 is 2.50 bits per heavy atom. The number of ether oxygens (including phenoxy) is 1. The molecule has 0 aliphatic carbocycles. The van der Waals surface area contributed by atoms with Gasteiger partial charge in [-0.3, -0.25) is 0 Å². The third-order valence-corrected chi connectivity index (χ3v) is 2.41. The molecule has 0 fully saturated rings. The average molecular weight is 273 g/mol. The van der Waals surface area contributed by atoms with Crippen LogP contribution in [0.15, 0.2) is 18.2 Å². The summed E-state index contributed by atoms with van der Waals surface area (Å²) in [4.78, 5) is 0. The van der Waals surface area contributed by atoms with Crippen LogP contribution in [-0.2, 0) is 5.88 Å². The molecular weight excluding hydrogens is 264 g/mol. The smallest absolute Gasteiger partial charge is 0.392 e. The summed E-state index contributed by atoms with van der Waals surface area (Å²) in [6.07, 6.45) is -5.25. The largest absolute Gasteiger partial charge is 0.491 e. The van der Waals surface area contributed by atoms with Gasteiger partial charge in [0.2, 0.25) is 0 Å². The van der Waals surface area contributed by atoms with E-state index >= 15 is 0 Å². The first-order valence-electron chi connectivity index (χ1n) is 4.47. The van der Waals surface area contributed by atoms with Gasteiger partial charge in [0.1, 0.15) is 5.75 Å². The standard InChI is InChI=1S/C10H9Cl2F3O/c11-6-7-2-1-3-8(12)9(7)16-5-4-10(13,14)15/h1-3H,4-6H2. The first kappa shape index (κ1) is 13.5. The molecule has 0 heterocycles. The molecule has 0 saturated heterocycles. The van der Waals surface area contributed by atoms with Crippen LogP contribution in [0.3, 0.4) is 0 Å². The van der Waals surface area contributed by atoms with Gasteiger partial charge < -0.3 is 4.74 Å². The van der Waals surface area contributed by atoms with E-state index in [9.17, 15) is 13.2 Å². The highest BCUT2D eigenvalue weighted by atomic mass is 35.5. The lowest BCUT2D eigenvalue weighted by molar-refractivity contribution is -0.139. The van der Waals surface area contributed by atoms with Crippen molar-refractivity contribution in [3.63, 3.8) is 0 Å². The van der Waals surface area contributed by atoms with Crippen molar-refractivity contribution in [1.29, 1.82) is 0 Å². The molecule has 0 saturated carbocycles. The van der Waals surface area contributed by atoms with E-state index in [0.717, 1.165) is 0 Å². The molecule has 0 unspecified atom stereocenters. The summed E-state index contributed by atoms with van der Waals surface area (Å²) in [5, 5.41) is 0.264. The second-order valence-corrected chi connectivity index (χ2v) is 3.75. The Balaban J connectivity index is 2.66. The number of benzene rings is 1. The lowest BCUT2D eigenvalue weighted by Gasteiger charge is -2.12. The molecule has 0 radical (unpaired) electrons. The highest BCUT2D eigenvalue weighted by molar-refractivity contribution is 6.32. The Morgan fingerprint density at radius 1 is 1.25 bits per heavy atom. The molecule has 6 heteroatoms. The quantitative estimate of drug-likeness (QED) is 0.738. The maximum Gasteiger partial charge on any atom is 0.392 e. The van der Waals surface area contributed by atoms with Gasteiger partial charge in [0.15, 0.2) is 0 Å². The van der Waals surface area contributed by atoms with E-state index in [1.54, 1.807) is 18.2 Å². The van der Waals surface area contributed by atoms with Crippen LogP contribution in [0, 0.1) is 0 Å². The Labute approximate surface area is 101 Å². The number of hydrogen-bond donors (Lipinski definition) is 0. The zero-order chi connectivity index (χ0) is 12.2. The van der Waals surface area contributed by atoms with Crippen LogP contribution in [-0.4, -0.2) is 12.8 Å². The molecule has 0 N–H and O–H groups in total. The van der Waals surface area contributed by atoms with Crippen LogP contribution in [0.5, 0.6) is 5.75 Å². The van der Waals surface area contributed by atoms with E-state index in [-0.39, 0.29) is 16.7 Å². The second kappa shape index (κ2) is 5.64. The van der Waals surface area contributed by atoms with Crippen LogP contribution >= 0.6 is 23.2 Å². The fourth-order valence-electron chi connectivity index (χ4n) is 1.09.